The second-order valence-electron chi connectivity index (χ2n) is 6.01. The van der Waals surface area contributed by atoms with E-state index in [0.717, 1.165) is 11.8 Å². The van der Waals surface area contributed by atoms with Gasteiger partial charge in [0.2, 0.25) is 5.75 Å². The molecule has 1 aliphatic carbocycles. The molecule has 8 nitrogen and oxygen atoms in total. The number of esters is 1. The number of benzene rings is 1. The van der Waals surface area contributed by atoms with Gasteiger partial charge in [-0.25, -0.2) is 0 Å². The van der Waals surface area contributed by atoms with Crippen LogP contribution in [0.1, 0.15) is 37.0 Å². The molecule has 1 aliphatic rings. The largest absolute Gasteiger partial charge is 0.493 e. The van der Waals surface area contributed by atoms with Crippen molar-refractivity contribution < 1.29 is 36.3 Å². The van der Waals surface area contributed by atoms with Gasteiger partial charge in [-0.1, -0.05) is 0 Å². The van der Waals surface area contributed by atoms with E-state index in [0.29, 0.717) is 35.7 Å². The molecule has 0 amide bonds. The summed E-state index contributed by atoms with van der Waals surface area (Å²) in [6.45, 7) is 1.30. The zero-order valence-electron chi connectivity index (χ0n) is 15.5. The zero-order chi connectivity index (χ0) is 19.5. The third kappa shape index (κ3) is 4.59. The highest BCUT2D eigenvalue weighted by Gasteiger charge is 2.33. The molecule has 0 heterocycles. The van der Waals surface area contributed by atoms with E-state index in [1.807, 2.05) is 0 Å². The number of hydrogen-bond donors (Lipinski definition) is 0. The second kappa shape index (κ2) is 8.13. The van der Waals surface area contributed by atoms with Crippen LogP contribution in [0.15, 0.2) is 6.07 Å². The molecule has 146 valence electrons. The zero-order valence-corrected chi connectivity index (χ0v) is 16.3. The molecule has 0 aromatic heterocycles. The molecule has 1 aromatic rings. The summed E-state index contributed by atoms with van der Waals surface area (Å²) in [5, 5.41) is 0. The number of carbonyl (C=O) groups is 1. The minimum Gasteiger partial charge on any atom is -0.493 e. The molecule has 0 spiro atoms. The van der Waals surface area contributed by atoms with Gasteiger partial charge in [0.1, 0.15) is 6.10 Å². The Kier molecular flexibility index (Phi) is 6.35. The maximum Gasteiger partial charge on any atom is 0.303 e. The maximum atomic E-state index is 11.6. The highest BCUT2D eigenvalue weighted by atomic mass is 32.2. The van der Waals surface area contributed by atoms with Crippen LogP contribution in [-0.2, 0) is 30.3 Å². The van der Waals surface area contributed by atoms with Crippen molar-refractivity contribution in [3.63, 3.8) is 0 Å². The third-order valence-corrected chi connectivity index (χ3v) is 4.75. The lowest BCUT2D eigenvalue weighted by Gasteiger charge is -2.23. The van der Waals surface area contributed by atoms with E-state index in [2.05, 4.69) is 0 Å². The topological polar surface area (TPSA) is 97.4 Å². The number of carbonyl (C=O) groups excluding carboxylic acids is 1. The van der Waals surface area contributed by atoms with Gasteiger partial charge in [0.05, 0.1) is 33.7 Å². The molecular weight excluding hydrogens is 364 g/mol. The quantitative estimate of drug-likeness (QED) is 0.415. The van der Waals surface area contributed by atoms with Crippen LogP contribution in [0.25, 0.3) is 0 Å². The van der Waals surface area contributed by atoms with E-state index < -0.39 is 28.3 Å². The molecule has 0 saturated carbocycles. The Bertz CT molecular complexity index is 771. The molecule has 9 heteroatoms. The van der Waals surface area contributed by atoms with Gasteiger partial charge in [-0.3, -0.25) is 8.98 Å². The standard InChI is InChI=1S/C17H24O8S/c1-10(18)24-14-8-11(25-26(5,19)20)6-7-12-13(14)9-15(21-2)17(23-4)16(12)22-3/h9,11,14H,6-8H2,1-5H3. The van der Waals surface area contributed by atoms with Gasteiger partial charge in [-0.15, -0.1) is 0 Å². The predicted octanol–water partition coefficient (Wildman–Crippen LogP) is 2.00. The van der Waals surface area contributed by atoms with Crippen LogP contribution in [0.4, 0.5) is 0 Å². The molecule has 2 rings (SSSR count). The third-order valence-electron chi connectivity index (χ3n) is 4.13. The fourth-order valence-corrected chi connectivity index (χ4v) is 3.88. The number of fused-ring (bicyclic) bond motifs is 1. The van der Waals surface area contributed by atoms with Crippen LogP contribution in [0.2, 0.25) is 0 Å². The molecule has 26 heavy (non-hydrogen) atoms. The SMILES string of the molecule is COc1cc2c(c(OC)c1OC)CCC(OS(C)(=O)=O)CC2OC(C)=O. The molecular formula is C17H24O8S. The maximum absolute atomic E-state index is 11.6. The van der Waals surface area contributed by atoms with Crippen LogP contribution in [0.3, 0.4) is 0 Å². The van der Waals surface area contributed by atoms with Gasteiger partial charge in [-0.2, -0.15) is 8.42 Å². The number of methoxy groups -OCH3 is 3. The molecule has 0 bridgehead atoms. The molecule has 2 atom stereocenters. The van der Waals surface area contributed by atoms with Crippen molar-refractivity contribution in [2.75, 3.05) is 27.6 Å². The van der Waals surface area contributed by atoms with Crippen molar-refractivity contribution in [1.29, 1.82) is 0 Å². The van der Waals surface area contributed by atoms with Gasteiger partial charge in [0.15, 0.2) is 11.5 Å². The van der Waals surface area contributed by atoms with Crippen LogP contribution in [-0.4, -0.2) is 48.1 Å². The highest BCUT2D eigenvalue weighted by Crippen LogP contribution is 2.47. The number of hydrogen-bond acceptors (Lipinski definition) is 8. The lowest BCUT2D eigenvalue weighted by Crippen LogP contribution is -2.21. The molecule has 0 N–H and O–H groups in total. The van der Waals surface area contributed by atoms with Crippen LogP contribution in [0, 0.1) is 0 Å². The van der Waals surface area contributed by atoms with Crippen molar-refractivity contribution in [3.8, 4) is 17.2 Å². The monoisotopic (exact) mass is 388 g/mol. The van der Waals surface area contributed by atoms with Gasteiger partial charge >= 0.3 is 5.97 Å². The predicted molar refractivity (Wildman–Crippen MR) is 93.3 cm³/mol. The Labute approximate surface area is 153 Å². The second-order valence-corrected chi connectivity index (χ2v) is 7.61. The molecule has 0 aliphatic heterocycles. The van der Waals surface area contributed by atoms with Gasteiger partial charge < -0.3 is 18.9 Å². The highest BCUT2D eigenvalue weighted by molar-refractivity contribution is 7.86. The molecule has 0 fully saturated rings. The fraction of sp³-hybridized carbons (Fsp3) is 0.588. The summed E-state index contributed by atoms with van der Waals surface area (Å²) in [5.41, 5.74) is 1.46. The minimum atomic E-state index is -3.64. The van der Waals surface area contributed by atoms with E-state index in [4.69, 9.17) is 23.1 Å². The number of ether oxygens (including phenoxy) is 4. The lowest BCUT2D eigenvalue weighted by atomic mass is 9.98. The van der Waals surface area contributed by atoms with E-state index in [9.17, 15) is 13.2 Å². The van der Waals surface area contributed by atoms with Crippen molar-refractivity contribution in [1.82, 2.24) is 0 Å². The molecule has 0 radical (unpaired) electrons. The Morgan fingerprint density at radius 1 is 1.12 bits per heavy atom. The Balaban J connectivity index is 2.57. The first-order valence-electron chi connectivity index (χ1n) is 8.07. The van der Waals surface area contributed by atoms with E-state index in [1.165, 1.54) is 28.3 Å². The average Bonchev–Trinajstić information content (AvgIpc) is 2.70. The van der Waals surface area contributed by atoms with Crippen molar-refractivity contribution in [2.24, 2.45) is 0 Å². The van der Waals surface area contributed by atoms with Crippen LogP contribution < -0.4 is 14.2 Å². The average molecular weight is 388 g/mol. The van der Waals surface area contributed by atoms with E-state index in [1.54, 1.807) is 6.07 Å². The summed E-state index contributed by atoms with van der Waals surface area (Å²) in [5.74, 6) is 0.856. The summed E-state index contributed by atoms with van der Waals surface area (Å²) >= 11 is 0. The molecule has 1 aromatic carbocycles. The van der Waals surface area contributed by atoms with E-state index in [-0.39, 0.29) is 6.42 Å². The Morgan fingerprint density at radius 2 is 1.77 bits per heavy atom. The van der Waals surface area contributed by atoms with Crippen molar-refractivity contribution >= 4 is 16.1 Å². The van der Waals surface area contributed by atoms with Gasteiger partial charge in [0, 0.05) is 24.5 Å². The van der Waals surface area contributed by atoms with Gasteiger partial charge in [-0.05, 0) is 18.9 Å². The fourth-order valence-electron chi connectivity index (χ4n) is 3.22. The Morgan fingerprint density at radius 3 is 2.27 bits per heavy atom. The van der Waals surface area contributed by atoms with Gasteiger partial charge in [0.25, 0.3) is 10.1 Å². The van der Waals surface area contributed by atoms with Crippen LogP contribution >= 0.6 is 0 Å². The lowest BCUT2D eigenvalue weighted by molar-refractivity contribution is -0.147. The summed E-state index contributed by atoms with van der Waals surface area (Å²) in [7, 11) is 0.865. The smallest absolute Gasteiger partial charge is 0.303 e. The summed E-state index contributed by atoms with van der Waals surface area (Å²) in [4.78, 5) is 11.6. The molecule has 2 unspecified atom stereocenters. The van der Waals surface area contributed by atoms with Crippen molar-refractivity contribution in [3.05, 3.63) is 17.2 Å². The number of rotatable bonds is 6. The first-order valence-corrected chi connectivity index (χ1v) is 9.89. The normalized spacial score (nSPS) is 19.9. The first-order chi connectivity index (χ1) is 12.2. The minimum absolute atomic E-state index is 0.207. The summed E-state index contributed by atoms with van der Waals surface area (Å²) in [6.07, 6.45) is 0.783. The molecule has 0 saturated heterocycles. The van der Waals surface area contributed by atoms with Crippen molar-refractivity contribution in [2.45, 2.75) is 38.4 Å². The first kappa shape index (κ1) is 20.3. The van der Waals surface area contributed by atoms with Crippen LogP contribution in [0.5, 0.6) is 17.2 Å². The summed E-state index contributed by atoms with van der Waals surface area (Å²) in [6, 6.07) is 1.73. The Hall–Kier alpha value is -2.00. The summed E-state index contributed by atoms with van der Waals surface area (Å²) < 4.78 is 50.0. The van der Waals surface area contributed by atoms with E-state index >= 15 is 0 Å².